The molecule has 108 valence electrons. The van der Waals surface area contributed by atoms with E-state index in [4.69, 9.17) is 4.74 Å². The average Bonchev–Trinajstić information content (AvgIpc) is 2.39. The fourth-order valence-corrected chi connectivity index (χ4v) is 2.66. The Kier molecular flexibility index (Phi) is 5.52. The van der Waals surface area contributed by atoms with Crippen molar-refractivity contribution in [2.75, 3.05) is 20.3 Å². The van der Waals surface area contributed by atoms with Crippen molar-refractivity contribution >= 4 is 10.0 Å². The number of sulfonamides is 1. The first-order valence-corrected chi connectivity index (χ1v) is 7.91. The van der Waals surface area contributed by atoms with Crippen molar-refractivity contribution < 1.29 is 13.2 Å². The first-order chi connectivity index (χ1) is 8.83. The van der Waals surface area contributed by atoms with Crippen LogP contribution >= 0.6 is 0 Å². The van der Waals surface area contributed by atoms with Gasteiger partial charge in [0, 0.05) is 13.7 Å². The number of benzene rings is 1. The van der Waals surface area contributed by atoms with Crippen LogP contribution in [0.25, 0.3) is 0 Å². The van der Waals surface area contributed by atoms with Crippen LogP contribution in [0.2, 0.25) is 0 Å². The van der Waals surface area contributed by atoms with Gasteiger partial charge in [0.05, 0.1) is 11.5 Å². The number of ether oxygens (including phenoxy) is 1. The lowest BCUT2D eigenvalue weighted by molar-refractivity contribution is 0.204. The highest BCUT2D eigenvalue weighted by Gasteiger charge is 2.19. The van der Waals surface area contributed by atoms with Crippen LogP contribution in [0.3, 0.4) is 0 Å². The SMILES string of the molecule is CCC(C)(C)c1ccc(S(=O)(=O)NCCOC)cc1. The van der Waals surface area contributed by atoms with Gasteiger partial charge in [-0.1, -0.05) is 32.9 Å². The minimum Gasteiger partial charge on any atom is -0.383 e. The van der Waals surface area contributed by atoms with Gasteiger partial charge in [0.2, 0.25) is 10.0 Å². The molecule has 0 bridgehead atoms. The molecule has 0 heterocycles. The predicted octanol–water partition coefficient (Wildman–Crippen LogP) is 2.30. The van der Waals surface area contributed by atoms with Gasteiger partial charge in [0.25, 0.3) is 0 Å². The molecule has 0 saturated carbocycles. The van der Waals surface area contributed by atoms with Gasteiger partial charge in [-0.05, 0) is 29.5 Å². The van der Waals surface area contributed by atoms with E-state index in [1.54, 1.807) is 12.1 Å². The van der Waals surface area contributed by atoms with E-state index in [9.17, 15) is 8.42 Å². The molecular weight excluding hydrogens is 262 g/mol. The van der Waals surface area contributed by atoms with Crippen LogP contribution in [0.5, 0.6) is 0 Å². The molecular formula is C14H23NO3S. The molecule has 1 N–H and O–H groups in total. The van der Waals surface area contributed by atoms with Crippen molar-refractivity contribution in [1.29, 1.82) is 0 Å². The Labute approximate surface area is 116 Å². The second kappa shape index (κ2) is 6.50. The summed E-state index contributed by atoms with van der Waals surface area (Å²) in [6, 6.07) is 7.08. The van der Waals surface area contributed by atoms with Gasteiger partial charge in [0.1, 0.15) is 0 Å². The topological polar surface area (TPSA) is 55.4 Å². The summed E-state index contributed by atoms with van der Waals surface area (Å²) in [6.07, 6.45) is 1.01. The molecule has 4 nitrogen and oxygen atoms in total. The van der Waals surface area contributed by atoms with Crippen LogP contribution in [0, 0.1) is 0 Å². The average molecular weight is 285 g/mol. The first kappa shape index (κ1) is 16.1. The minimum atomic E-state index is -3.43. The molecule has 1 aromatic rings. The Hall–Kier alpha value is -0.910. The molecule has 0 aliphatic rings. The molecule has 0 aliphatic carbocycles. The molecule has 0 saturated heterocycles. The van der Waals surface area contributed by atoms with Gasteiger partial charge in [-0.3, -0.25) is 0 Å². The second-order valence-corrected chi connectivity index (χ2v) is 6.92. The molecule has 0 unspecified atom stereocenters. The Morgan fingerprint density at radius 2 is 1.79 bits per heavy atom. The normalized spacial score (nSPS) is 12.6. The summed E-state index contributed by atoms with van der Waals surface area (Å²) in [5.41, 5.74) is 1.21. The van der Waals surface area contributed by atoms with Gasteiger partial charge in [-0.25, -0.2) is 13.1 Å². The highest BCUT2D eigenvalue weighted by molar-refractivity contribution is 7.89. The van der Waals surface area contributed by atoms with Crippen molar-refractivity contribution in [3.63, 3.8) is 0 Å². The third-order valence-electron chi connectivity index (χ3n) is 3.43. The van der Waals surface area contributed by atoms with E-state index in [1.807, 2.05) is 12.1 Å². The fraction of sp³-hybridized carbons (Fsp3) is 0.571. The fourth-order valence-electron chi connectivity index (χ4n) is 1.65. The highest BCUT2D eigenvalue weighted by atomic mass is 32.2. The smallest absolute Gasteiger partial charge is 0.240 e. The molecule has 1 aromatic carbocycles. The quantitative estimate of drug-likeness (QED) is 0.782. The van der Waals surface area contributed by atoms with E-state index >= 15 is 0 Å². The maximum Gasteiger partial charge on any atom is 0.240 e. The Morgan fingerprint density at radius 1 is 1.21 bits per heavy atom. The molecule has 0 aromatic heterocycles. The lowest BCUT2D eigenvalue weighted by Crippen LogP contribution is -2.27. The number of methoxy groups -OCH3 is 1. The lowest BCUT2D eigenvalue weighted by atomic mass is 9.82. The molecule has 0 fully saturated rings. The van der Waals surface area contributed by atoms with Crippen molar-refractivity contribution in [2.45, 2.75) is 37.5 Å². The van der Waals surface area contributed by atoms with Gasteiger partial charge >= 0.3 is 0 Å². The minimum absolute atomic E-state index is 0.0613. The largest absolute Gasteiger partial charge is 0.383 e. The number of rotatable bonds is 7. The zero-order valence-electron chi connectivity index (χ0n) is 12.1. The monoisotopic (exact) mass is 285 g/mol. The Morgan fingerprint density at radius 3 is 2.26 bits per heavy atom. The van der Waals surface area contributed by atoms with E-state index in [0.717, 1.165) is 12.0 Å². The summed E-state index contributed by atoms with van der Waals surface area (Å²) in [7, 11) is -1.89. The maximum absolute atomic E-state index is 12.0. The van der Waals surface area contributed by atoms with Crippen LogP contribution in [0.1, 0.15) is 32.8 Å². The van der Waals surface area contributed by atoms with Crippen LogP contribution < -0.4 is 4.72 Å². The molecule has 0 spiro atoms. The summed E-state index contributed by atoms with van der Waals surface area (Å²) >= 11 is 0. The lowest BCUT2D eigenvalue weighted by Gasteiger charge is -2.23. The molecule has 0 radical (unpaired) electrons. The van der Waals surface area contributed by atoms with Crippen LogP contribution in [-0.4, -0.2) is 28.7 Å². The predicted molar refractivity (Wildman–Crippen MR) is 76.8 cm³/mol. The maximum atomic E-state index is 12.0. The van der Waals surface area contributed by atoms with Crippen molar-refractivity contribution in [3.05, 3.63) is 29.8 Å². The van der Waals surface area contributed by atoms with Gasteiger partial charge < -0.3 is 4.74 Å². The number of hydrogen-bond acceptors (Lipinski definition) is 3. The van der Waals surface area contributed by atoms with Crippen LogP contribution in [-0.2, 0) is 20.2 Å². The Balaban J connectivity index is 2.87. The summed E-state index contributed by atoms with van der Waals surface area (Å²) in [5.74, 6) is 0. The summed E-state index contributed by atoms with van der Waals surface area (Å²) < 4.78 is 31.3. The van der Waals surface area contributed by atoms with E-state index < -0.39 is 10.0 Å². The van der Waals surface area contributed by atoms with Crippen LogP contribution in [0.15, 0.2) is 29.2 Å². The Bertz CT molecular complexity index is 492. The molecule has 5 heteroatoms. The number of nitrogens with one attached hydrogen (secondary N) is 1. The third kappa shape index (κ3) is 4.30. The molecule has 0 atom stereocenters. The first-order valence-electron chi connectivity index (χ1n) is 6.42. The summed E-state index contributed by atoms with van der Waals surface area (Å²) in [5, 5.41) is 0. The standard InChI is InChI=1S/C14H23NO3S/c1-5-14(2,3)12-6-8-13(9-7-12)19(16,17)15-10-11-18-4/h6-9,15H,5,10-11H2,1-4H3. The molecule has 0 amide bonds. The van der Waals surface area contributed by atoms with Crippen LogP contribution in [0.4, 0.5) is 0 Å². The third-order valence-corrected chi connectivity index (χ3v) is 4.91. The highest BCUT2D eigenvalue weighted by Crippen LogP contribution is 2.27. The van der Waals surface area contributed by atoms with Crippen molar-refractivity contribution in [3.8, 4) is 0 Å². The van der Waals surface area contributed by atoms with Crippen molar-refractivity contribution in [2.24, 2.45) is 0 Å². The summed E-state index contributed by atoms with van der Waals surface area (Å²) in [4.78, 5) is 0.291. The zero-order chi connectivity index (χ0) is 14.5. The molecule has 1 rings (SSSR count). The van der Waals surface area contributed by atoms with Gasteiger partial charge in [-0.2, -0.15) is 0 Å². The summed E-state index contributed by atoms with van der Waals surface area (Å²) in [6.45, 7) is 7.05. The van der Waals surface area contributed by atoms with E-state index in [-0.39, 0.29) is 12.0 Å². The van der Waals surface area contributed by atoms with Gasteiger partial charge in [-0.15, -0.1) is 0 Å². The van der Waals surface area contributed by atoms with E-state index in [1.165, 1.54) is 7.11 Å². The van der Waals surface area contributed by atoms with E-state index in [0.29, 0.717) is 11.5 Å². The molecule has 0 aliphatic heterocycles. The second-order valence-electron chi connectivity index (χ2n) is 5.15. The number of hydrogen-bond donors (Lipinski definition) is 1. The zero-order valence-corrected chi connectivity index (χ0v) is 12.9. The van der Waals surface area contributed by atoms with Gasteiger partial charge in [0.15, 0.2) is 0 Å². The van der Waals surface area contributed by atoms with E-state index in [2.05, 4.69) is 25.5 Å². The van der Waals surface area contributed by atoms with Crippen molar-refractivity contribution in [1.82, 2.24) is 4.72 Å². The molecule has 19 heavy (non-hydrogen) atoms.